The molecule has 1 rings (SSSR count). The Hall–Kier alpha value is -1.42. The second kappa shape index (κ2) is 3.12. The van der Waals surface area contributed by atoms with Crippen LogP contribution in [0.4, 0.5) is 0 Å². The second-order valence-corrected chi connectivity index (χ2v) is 2.09. The van der Waals surface area contributed by atoms with Crippen molar-refractivity contribution in [3.8, 4) is 0 Å². The van der Waals surface area contributed by atoms with Crippen molar-refractivity contribution >= 4 is 5.91 Å². The van der Waals surface area contributed by atoms with Crippen molar-refractivity contribution in [1.82, 2.24) is 4.98 Å². The van der Waals surface area contributed by atoms with E-state index < -0.39 is 12.0 Å². The second-order valence-electron chi connectivity index (χ2n) is 2.09. The maximum absolute atomic E-state index is 10.4. The van der Waals surface area contributed by atoms with E-state index in [1.54, 1.807) is 18.3 Å². The van der Waals surface area contributed by atoms with Crippen LogP contribution in [-0.4, -0.2) is 16.0 Å². The summed E-state index contributed by atoms with van der Waals surface area (Å²) >= 11 is 0. The molecule has 0 unspecified atom stereocenters. The Morgan fingerprint density at radius 1 is 1.73 bits per heavy atom. The first-order valence-electron chi connectivity index (χ1n) is 3.09. The Morgan fingerprint density at radius 2 is 2.45 bits per heavy atom. The molecule has 0 saturated carbocycles. The van der Waals surface area contributed by atoms with Crippen LogP contribution in [0.2, 0.25) is 0 Å². The molecule has 1 aromatic rings. The van der Waals surface area contributed by atoms with Gasteiger partial charge in [0.1, 0.15) is 0 Å². The van der Waals surface area contributed by atoms with Gasteiger partial charge in [-0.15, -0.1) is 0 Å². The van der Waals surface area contributed by atoms with Crippen LogP contribution in [0.5, 0.6) is 0 Å². The Kier molecular flexibility index (Phi) is 2.18. The summed E-state index contributed by atoms with van der Waals surface area (Å²) in [5, 5.41) is 9.08. The molecule has 1 atom stereocenters. The fraction of sp³-hybridized carbons (Fsp3) is 0.143. The lowest BCUT2D eigenvalue weighted by Gasteiger charge is -2.03. The fourth-order valence-corrected chi connectivity index (χ4v) is 0.702. The number of pyridine rings is 1. The molecule has 11 heavy (non-hydrogen) atoms. The summed E-state index contributed by atoms with van der Waals surface area (Å²) in [6.07, 6.45) is 1.70. The van der Waals surface area contributed by atoms with Crippen LogP contribution in [-0.2, 0) is 4.79 Å². The van der Waals surface area contributed by atoms with Gasteiger partial charge >= 0.3 is 0 Å². The third kappa shape index (κ3) is 1.75. The van der Waals surface area contributed by atoms with Crippen LogP contribution >= 0.6 is 0 Å². The third-order valence-electron chi connectivity index (χ3n) is 1.27. The number of carbonyl (C=O) groups excluding carboxylic acids is 1. The molecule has 1 aromatic heterocycles. The molecule has 0 spiro atoms. The Morgan fingerprint density at radius 3 is 2.91 bits per heavy atom. The predicted octanol–water partition coefficient (Wildman–Crippen LogP) is -0.400. The minimum atomic E-state index is -1.25. The lowest BCUT2D eigenvalue weighted by Crippen LogP contribution is -2.20. The molecular weight excluding hydrogens is 144 g/mol. The fourth-order valence-electron chi connectivity index (χ4n) is 0.702. The summed E-state index contributed by atoms with van der Waals surface area (Å²) < 4.78 is 0. The highest BCUT2D eigenvalue weighted by atomic mass is 16.3. The largest absolute Gasteiger partial charge is 0.378 e. The number of hydrogen-bond acceptors (Lipinski definition) is 3. The molecule has 0 aliphatic rings. The van der Waals surface area contributed by atoms with E-state index >= 15 is 0 Å². The van der Waals surface area contributed by atoms with Gasteiger partial charge in [0.2, 0.25) is 0 Å². The van der Waals surface area contributed by atoms with Crippen molar-refractivity contribution in [3.63, 3.8) is 0 Å². The van der Waals surface area contributed by atoms with Gasteiger partial charge in [-0.25, -0.2) is 0 Å². The summed E-state index contributed by atoms with van der Waals surface area (Å²) in [5.74, 6) is -0.766. The van der Waals surface area contributed by atoms with E-state index in [9.17, 15) is 4.79 Å². The number of aliphatic hydroxyl groups is 1. The first kappa shape index (κ1) is 7.68. The molecule has 0 aliphatic carbocycles. The van der Waals surface area contributed by atoms with E-state index in [4.69, 9.17) is 10.8 Å². The zero-order valence-corrected chi connectivity index (χ0v) is 5.77. The monoisotopic (exact) mass is 152 g/mol. The number of carbonyl (C=O) groups is 1. The molecule has 1 heterocycles. The quantitative estimate of drug-likeness (QED) is 0.605. The van der Waals surface area contributed by atoms with E-state index in [1.807, 2.05) is 0 Å². The van der Waals surface area contributed by atoms with Gasteiger partial charge in [0.15, 0.2) is 6.10 Å². The predicted molar refractivity (Wildman–Crippen MR) is 38.4 cm³/mol. The number of amides is 1. The van der Waals surface area contributed by atoms with E-state index in [1.165, 1.54) is 6.20 Å². The van der Waals surface area contributed by atoms with Crippen LogP contribution < -0.4 is 5.73 Å². The molecule has 0 fully saturated rings. The van der Waals surface area contributed by atoms with Crippen molar-refractivity contribution in [2.45, 2.75) is 6.10 Å². The molecule has 0 aromatic carbocycles. The topological polar surface area (TPSA) is 76.2 Å². The molecule has 0 bridgehead atoms. The van der Waals surface area contributed by atoms with Crippen LogP contribution in [0.25, 0.3) is 0 Å². The average Bonchev–Trinajstić information content (AvgIpc) is 2.05. The number of aromatic nitrogens is 1. The molecular formula is C7H8N2O2. The van der Waals surface area contributed by atoms with E-state index in [2.05, 4.69) is 4.98 Å². The lowest BCUT2D eigenvalue weighted by atomic mass is 10.1. The first-order valence-corrected chi connectivity index (χ1v) is 3.09. The lowest BCUT2D eigenvalue weighted by molar-refractivity contribution is -0.126. The van der Waals surface area contributed by atoms with E-state index in [0.717, 1.165) is 0 Å². The Labute approximate surface area is 63.7 Å². The summed E-state index contributed by atoms with van der Waals surface area (Å²) in [5.41, 5.74) is 5.27. The zero-order valence-electron chi connectivity index (χ0n) is 5.77. The molecule has 0 radical (unpaired) electrons. The number of nitrogens with two attached hydrogens (primary N) is 1. The van der Waals surface area contributed by atoms with Crippen molar-refractivity contribution in [2.24, 2.45) is 5.73 Å². The molecule has 4 heteroatoms. The minimum absolute atomic E-state index is 0.417. The summed E-state index contributed by atoms with van der Waals surface area (Å²) in [6, 6.07) is 3.21. The average molecular weight is 152 g/mol. The number of rotatable bonds is 2. The number of primary amides is 1. The maximum atomic E-state index is 10.4. The van der Waals surface area contributed by atoms with Gasteiger partial charge in [-0.3, -0.25) is 9.78 Å². The summed E-state index contributed by atoms with van der Waals surface area (Å²) in [6.45, 7) is 0. The van der Waals surface area contributed by atoms with Crippen molar-refractivity contribution < 1.29 is 9.90 Å². The van der Waals surface area contributed by atoms with E-state index in [0.29, 0.717) is 5.56 Å². The molecule has 3 N–H and O–H groups in total. The van der Waals surface area contributed by atoms with Gasteiger partial charge in [0.25, 0.3) is 5.91 Å². The molecule has 1 amide bonds. The van der Waals surface area contributed by atoms with Gasteiger partial charge in [0, 0.05) is 18.0 Å². The van der Waals surface area contributed by atoms with Gasteiger partial charge in [-0.1, -0.05) is 6.07 Å². The van der Waals surface area contributed by atoms with Crippen molar-refractivity contribution in [3.05, 3.63) is 30.1 Å². The van der Waals surface area contributed by atoms with Crippen LogP contribution in [0.15, 0.2) is 24.5 Å². The first-order chi connectivity index (χ1) is 5.22. The van der Waals surface area contributed by atoms with Gasteiger partial charge in [0.05, 0.1) is 0 Å². The van der Waals surface area contributed by atoms with Crippen LogP contribution in [0.3, 0.4) is 0 Å². The standard InChI is InChI=1S/C7H8N2O2/c8-7(11)6(10)5-2-1-3-9-4-5/h1-4,6,10H,(H2,8,11)/t6-/m0/s1. The van der Waals surface area contributed by atoms with Gasteiger partial charge in [-0.2, -0.15) is 0 Å². The summed E-state index contributed by atoms with van der Waals surface area (Å²) in [7, 11) is 0. The van der Waals surface area contributed by atoms with Crippen molar-refractivity contribution in [2.75, 3.05) is 0 Å². The highest BCUT2D eigenvalue weighted by Crippen LogP contribution is 2.08. The molecule has 4 nitrogen and oxygen atoms in total. The third-order valence-corrected chi connectivity index (χ3v) is 1.27. The maximum Gasteiger partial charge on any atom is 0.250 e. The molecule has 0 aliphatic heterocycles. The summed E-state index contributed by atoms with van der Waals surface area (Å²) in [4.78, 5) is 14.2. The van der Waals surface area contributed by atoms with Gasteiger partial charge < -0.3 is 10.8 Å². The molecule has 58 valence electrons. The normalized spacial score (nSPS) is 12.5. The Balaban J connectivity index is 2.85. The number of hydrogen-bond donors (Lipinski definition) is 2. The van der Waals surface area contributed by atoms with Crippen LogP contribution in [0.1, 0.15) is 11.7 Å². The molecule has 0 saturated heterocycles. The zero-order chi connectivity index (χ0) is 8.27. The minimum Gasteiger partial charge on any atom is -0.378 e. The Bertz CT molecular complexity index is 248. The number of aliphatic hydroxyl groups excluding tert-OH is 1. The highest BCUT2D eigenvalue weighted by molar-refractivity contribution is 5.79. The highest BCUT2D eigenvalue weighted by Gasteiger charge is 2.12. The van der Waals surface area contributed by atoms with Gasteiger partial charge in [-0.05, 0) is 6.07 Å². The van der Waals surface area contributed by atoms with Crippen molar-refractivity contribution in [1.29, 1.82) is 0 Å². The SMILES string of the molecule is NC(=O)[C@@H](O)c1cccnc1. The van der Waals surface area contributed by atoms with E-state index in [-0.39, 0.29) is 0 Å². The smallest absolute Gasteiger partial charge is 0.250 e. The van der Waals surface area contributed by atoms with Crippen LogP contribution in [0, 0.1) is 0 Å². The number of nitrogens with zero attached hydrogens (tertiary/aromatic N) is 1.